The number of hydrogen-bond acceptors (Lipinski definition) is 7. The molecule has 0 saturated heterocycles. The van der Waals surface area contributed by atoms with Gasteiger partial charge in [-0.1, -0.05) is 0 Å². The molecule has 0 saturated carbocycles. The second-order valence-corrected chi connectivity index (χ2v) is 7.84. The van der Waals surface area contributed by atoms with Crippen LogP contribution < -0.4 is 84.4 Å². The molecule has 0 fully saturated rings. The molecule has 34 heavy (non-hydrogen) atoms. The summed E-state index contributed by atoms with van der Waals surface area (Å²) >= 11 is 0. The molecule has 0 bridgehead atoms. The number of benzene rings is 1. The molecule has 0 aliphatic carbocycles. The SMILES string of the molecule is N[C@@H](CC(=O)N1CCn2c(nnc2C(F)(F)F)C1)Cc1cc(F)c(F)cc1F.O=P([O-])([O-])O.[Cs+]. The summed E-state index contributed by atoms with van der Waals surface area (Å²) in [5.41, 5.74) is 5.64. The van der Waals surface area contributed by atoms with E-state index in [-0.39, 0.29) is 113 Å². The van der Waals surface area contributed by atoms with Gasteiger partial charge in [-0.15, -0.1) is 10.2 Å². The minimum atomic E-state index is -5.14. The summed E-state index contributed by atoms with van der Waals surface area (Å²) in [5.74, 6) is -5.15. The van der Waals surface area contributed by atoms with Gasteiger partial charge in [0.25, 0.3) is 0 Å². The van der Waals surface area contributed by atoms with Gasteiger partial charge in [0.1, 0.15) is 5.82 Å². The Balaban J connectivity index is 0.000000873. The first-order valence-corrected chi connectivity index (χ1v) is 10.5. The molecular weight excluding hydrogens is 620 g/mol. The van der Waals surface area contributed by atoms with Gasteiger partial charge in [0, 0.05) is 31.6 Å². The monoisotopic (exact) mass is 636 g/mol. The molecule has 2 aromatic rings. The molecule has 18 heteroatoms. The first-order chi connectivity index (χ1) is 15.1. The predicted octanol–water partition coefficient (Wildman–Crippen LogP) is -3.17. The molecule has 0 radical (unpaired) electrons. The third kappa shape index (κ3) is 9.53. The molecule has 1 aliphatic rings. The van der Waals surface area contributed by atoms with E-state index in [9.17, 15) is 31.1 Å². The van der Waals surface area contributed by atoms with Gasteiger partial charge in [0.05, 0.1) is 14.4 Å². The topological polar surface area (TPSA) is 160 Å². The van der Waals surface area contributed by atoms with Crippen LogP contribution >= 0.6 is 7.82 Å². The van der Waals surface area contributed by atoms with Crippen molar-refractivity contribution in [2.45, 2.75) is 38.1 Å². The van der Waals surface area contributed by atoms with Gasteiger partial charge < -0.3 is 34.4 Å². The number of amides is 1. The summed E-state index contributed by atoms with van der Waals surface area (Å²) in [5, 5.41) is 6.60. The van der Waals surface area contributed by atoms with Gasteiger partial charge in [-0.25, -0.2) is 13.2 Å². The minimum Gasteiger partial charge on any atom is -0.790 e. The summed E-state index contributed by atoms with van der Waals surface area (Å²) in [6.07, 6.45) is -5.11. The number of alkyl halides is 3. The van der Waals surface area contributed by atoms with Crippen LogP contribution in [0.5, 0.6) is 0 Å². The molecule has 1 atom stereocenters. The van der Waals surface area contributed by atoms with E-state index in [0.29, 0.717) is 12.1 Å². The first-order valence-electron chi connectivity index (χ1n) is 8.97. The van der Waals surface area contributed by atoms with Gasteiger partial charge in [-0.05, 0) is 18.1 Å². The molecule has 1 aromatic heterocycles. The molecule has 1 aliphatic heterocycles. The standard InChI is InChI=1S/C16H15F6N5O.Cs.H3O4P/c17-10-6-12(19)11(18)4-8(10)3-9(23)5-14(28)26-1-2-27-13(7-26)24-25-15(27)16(20,21)22;;1-5(2,3)4/h4,6,9H,1-3,5,7,23H2;;(H3,1,2,3,4)/q;+1;/p-2/t9-;;/m1../s1. The number of nitrogens with zero attached hydrogens (tertiary/aromatic N) is 4. The molecule has 10 nitrogen and oxygen atoms in total. The Kier molecular flexibility index (Phi) is 11.8. The van der Waals surface area contributed by atoms with Crippen LogP contribution in [0.2, 0.25) is 0 Å². The zero-order valence-electron chi connectivity index (χ0n) is 17.4. The molecule has 0 unspecified atom stereocenters. The second-order valence-electron chi connectivity index (χ2n) is 6.90. The fourth-order valence-electron chi connectivity index (χ4n) is 3.01. The summed E-state index contributed by atoms with van der Waals surface area (Å²) < 4.78 is 87.9. The van der Waals surface area contributed by atoms with Crippen molar-refractivity contribution in [3.63, 3.8) is 0 Å². The molecule has 2 heterocycles. The van der Waals surface area contributed by atoms with Crippen molar-refractivity contribution in [1.82, 2.24) is 19.7 Å². The summed E-state index contributed by atoms with van der Waals surface area (Å²) in [6, 6.07) is 0.184. The number of aromatic nitrogens is 3. The number of nitrogens with two attached hydrogens (primary N) is 1. The van der Waals surface area contributed by atoms with Crippen molar-refractivity contribution in [3.05, 3.63) is 46.8 Å². The Morgan fingerprint density at radius 1 is 1.15 bits per heavy atom. The van der Waals surface area contributed by atoms with Gasteiger partial charge in [-0.2, -0.15) is 13.2 Å². The molecule has 0 spiro atoms. The van der Waals surface area contributed by atoms with Crippen molar-refractivity contribution < 1.29 is 119 Å². The van der Waals surface area contributed by atoms with Gasteiger partial charge in [0.15, 0.2) is 17.5 Å². The maximum absolute atomic E-state index is 13.7. The number of fused-ring (bicyclic) bond motifs is 1. The Morgan fingerprint density at radius 2 is 1.71 bits per heavy atom. The van der Waals surface area contributed by atoms with E-state index in [4.69, 9.17) is 25.0 Å². The van der Waals surface area contributed by atoms with Crippen LogP contribution in [-0.4, -0.2) is 43.1 Å². The van der Waals surface area contributed by atoms with E-state index in [2.05, 4.69) is 10.2 Å². The van der Waals surface area contributed by atoms with Crippen LogP contribution in [0.4, 0.5) is 26.3 Å². The molecular formula is C16H16CsF6N5O5P-. The van der Waals surface area contributed by atoms with Crippen LogP contribution in [0.3, 0.4) is 0 Å². The maximum Gasteiger partial charge on any atom is 1.00 e. The summed E-state index contributed by atoms with van der Waals surface area (Å²) in [6.45, 7) is -0.302. The first kappa shape index (κ1) is 31.6. The van der Waals surface area contributed by atoms with Gasteiger partial charge in [-0.3, -0.25) is 4.79 Å². The number of hydrogen-bond donors (Lipinski definition) is 2. The zero-order valence-corrected chi connectivity index (χ0v) is 24.6. The maximum atomic E-state index is 13.7. The molecule has 3 rings (SSSR count). The Labute approximate surface area is 247 Å². The van der Waals surface area contributed by atoms with Crippen LogP contribution in [0, 0.1) is 17.5 Å². The Bertz CT molecular complexity index is 1060. The summed E-state index contributed by atoms with van der Waals surface area (Å²) in [7, 11) is -5.14. The largest absolute Gasteiger partial charge is 1.00 e. The van der Waals surface area contributed by atoms with Crippen LogP contribution in [0.1, 0.15) is 23.6 Å². The van der Waals surface area contributed by atoms with Crippen molar-refractivity contribution >= 4 is 13.7 Å². The van der Waals surface area contributed by atoms with Crippen LogP contribution in [0.25, 0.3) is 0 Å². The smallest absolute Gasteiger partial charge is 0.790 e. The van der Waals surface area contributed by atoms with Crippen molar-refractivity contribution in [2.24, 2.45) is 5.73 Å². The number of halogens is 6. The van der Waals surface area contributed by atoms with E-state index in [1.165, 1.54) is 4.90 Å². The summed E-state index contributed by atoms with van der Waals surface area (Å²) in [4.78, 5) is 37.9. The third-order valence-corrected chi connectivity index (χ3v) is 4.37. The fourth-order valence-corrected chi connectivity index (χ4v) is 3.01. The fraction of sp³-hybridized carbons (Fsp3) is 0.438. The molecule has 1 aromatic carbocycles. The number of carbonyl (C=O) groups excluding carboxylic acids is 1. The third-order valence-electron chi connectivity index (χ3n) is 4.37. The number of rotatable bonds is 4. The number of phosphoric acid groups is 1. The van der Waals surface area contributed by atoms with E-state index in [0.717, 1.165) is 4.57 Å². The van der Waals surface area contributed by atoms with Crippen molar-refractivity contribution in [2.75, 3.05) is 6.54 Å². The quantitative estimate of drug-likeness (QED) is 0.202. The van der Waals surface area contributed by atoms with Crippen LogP contribution in [0.15, 0.2) is 12.1 Å². The van der Waals surface area contributed by atoms with E-state index < -0.39 is 49.2 Å². The molecule has 1 amide bonds. The van der Waals surface area contributed by atoms with Crippen molar-refractivity contribution in [3.8, 4) is 0 Å². The Hall–Kier alpha value is -0.468. The molecule has 3 N–H and O–H groups in total. The average molecular weight is 636 g/mol. The minimum absolute atomic E-state index is 0. The van der Waals surface area contributed by atoms with Crippen molar-refractivity contribution in [1.29, 1.82) is 0 Å². The van der Waals surface area contributed by atoms with E-state index >= 15 is 0 Å². The van der Waals surface area contributed by atoms with E-state index in [1.54, 1.807) is 0 Å². The number of carbonyl (C=O) groups is 1. The predicted molar refractivity (Wildman–Crippen MR) is 92.9 cm³/mol. The van der Waals surface area contributed by atoms with Gasteiger partial charge >= 0.3 is 75.1 Å². The Morgan fingerprint density at radius 3 is 2.26 bits per heavy atom. The normalized spacial score (nSPS) is 14.5. The zero-order chi connectivity index (χ0) is 25.1. The van der Waals surface area contributed by atoms with Gasteiger partial charge in [0.2, 0.25) is 11.7 Å². The van der Waals surface area contributed by atoms with E-state index in [1.807, 2.05) is 0 Å². The molecule has 184 valence electrons. The van der Waals surface area contributed by atoms with Crippen LogP contribution in [-0.2, 0) is 35.0 Å². The average Bonchev–Trinajstić information content (AvgIpc) is 3.08. The second kappa shape index (κ2) is 12.7.